The second-order valence-electron chi connectivity index (χ2n) is 10.8. The highest BCUT2D eigenvalue weighted by Gasteiger charge is 2.30. The van der Waals surface area contributed by atoms with Crippen LogP contribution in [-0.4, -0.2) is 21.8 Å². The Morgan fingerprint density at radius 3 is 2.33 bits per heavy atom. The number of aryl methyl sites for hydroxylation is 1. The highest BCUT2D eigenvalue weighted by Crippen LogP contribution is 2.42. The van der Waals surface area contributed by atoms with Crippen molar-refractivity contribution in [2.45, 2.75) is 115 Å². The van der Waals surface area contributed by atoms with Crippen molar-refractivity contribution in [3.63, 3.8) is 0 Å². The van der Waals surface area contributed by atoms with Crippen LogP contribution in [0.15, 0.2) is 18.2 Å². The summed E-state index contributed by atoms with van der Waals surface area (Å²) >= 11 is 0. The number of halogens is 3. The monoisotopic (exact) mass is 482 g/mol. The molecule has 1 aromatic carbocycles. The number of ether oxygens (including phenoxy) is 1. The third-order valence-corrected chi connectivity index (χ3v) is 11.9. The maximum atomic E-state index is 14.0. The van der Waals surface area contributed by atoms with Crippen LogP contribution in [0.25, 0.3) is 0 Å². The van der Waals surface area contributed by atoms with Gasteiger partial charge in [-0.2, -0.15) is 0 Å². The lowest BCUT2D eigenvalue weighted by Gasteiger charge is -2.37. The van der Waals surface area contributed by atoms with E-state index in [1.807, 2.05) is 0 Å². The van der Waals surface area contributed by atoms with E-state index >= 15 is 0 Å². The molecule has 0 spiro atoms. The molecule has 0 unspecified atom stereocenters. The molecule has 0 radical (unpaired) electrons. The van der Waals surface area contributed by atoms with E-state index in [1.54, 1.807) is 37.0 Å². The molecule has 1 nitrogen and oxygen atoms in total. The zero-order valence-electron chi connectivity index (χ0n) is 20.7. The van der Waals surface area contributed by atoms with Crippen LogP contribution in [0.1, 0.15) is 89.5 Å². The average molecular weight is 483 g/mol. The third kappa shape index (κ3) is 9.30. The lowest BCUT2D eigenvalue weighted by molar-refractivity contribution is 0.0799. The molecule has 2 aliphatic rings. The van der Waals surface area contributed by atoms with Crippen LogP contribution in [0.5, 0.6) is 5.75 Å². The average Bonchev–Trinajstić information content (AvgIpc) is 2.82. The van der Waals surface area contributed by atoms with Crippen molar-refractivity contribution in [3.8, 4) is 5.75 Å². The first-order chi connectivity index (χ1) is 16.0. The molecule has 1 aromatic rings. The van der Waals surface area contributed by atoms with Gasteiger partial charge >= 0.3 is 0 Å². The molecule has 0 aromatic heterocycles. The Hall–Kier alpha value is -0.973. The van der Waals surface area contributed by atoms with Crippen LogP contribution in [-0.2, 0) is 6.42 Å². The fourth-order valence-electron chi connectivity index (χ4n) is 6.31. The predicted molar refractivity (Wildman–Crippen MR) is 135 cm³/mol. The van der Waals surface area contributed by atoms with Crippen LogP contribution in [0.3, 0.4) is 0 Å². The minimum Gasteiger partial charge on any atom is -0.485 e. The van der Waals surface area contributed by atoms with E-state index in [1.165, 1.54) is 69.9 Å². The van der Waals surface area contributed by atoms with Gasteiger partial charge in [0.1, 0.15) is 6.61 Å². The topological polar surface area (TPSA) is 9.23 Å². The Morgan fingerprint density at radius 2 is 1.67 bits per heavy atom. The fourth-order valence-corrected chi connectivity index (χ4v) is 9.84. The first-order valence-electron chi connectivity index (χ1n) is 13.7. The molecule has 1 aliphatic carbocycles. The van der Waals surface area contributed by atoms with Crippen LogP contribution in [0.2, 0.25) is 18.1 Å². The van der Waals surface area contributed by atoms with Gasteiger partial charge in [0, 0.05) is 8.80 Å². The van der Waals surface area contributed by atoms with Crippen LogP contribution >= 0.6 is 0 Å². The minimum absolute atomic E-state index is 0.0804. The Labute approximate surface area is 201 Å². The number of alkyl halides is 2. The molecule has 0 atom stereocenters. The number of unbranched alkanes of at least 4 members (excludes halogenated alkanes) is 3. The molecule has 1 saturated carbocycles. The van der Waals surface area contributed by atoms with Crippen molar-refractivity contribution in [1.82, 2.24) is 0 Å². The number of hydrogen-bond donors (Lipinski definition) is 0. The summed E-state index contributed by atoms with van der Waals surface area (Å²) in [6, 6.07) is 9.57. The SMILES string of the molecule is CCCCC[SiH]1CCC([C@H]2CC[C@H](CCCCc3ccc(OCC(F)F)c(F)c3)CC2)CC1. The van der Waals surface area contributed by atoms with E-state index in [0.717, 1.165) is 36.2 Å². The van der Waals surface area contributed by atoms with E-state index < -0.39 is 18.8 Å². The highest BCUT2D eigenvalue weighted by molar-refractivity contribution is 6.58. The van der Waals surface area contributed by atoms with Crippen molar-refractivity contribution in [1.29, 1.82) is 0 Å². The highest BCUT2D eigenvalue weighted by atomic mass is 28.3. The van der Waals surface area contributed by atoms with Gasteiger partial charge in [-0.15, -0.1) is 0 Å². The van der Waals surface area contributed by atoms with Gasteiger partial charge in [-0.05, 0) is 61.1 Å². The molecule has 33 heavy (non-hydrogen) atoms. The maximum absolute atomic E-state index is 14.0. The van der Waals surface area contributed by atoms with E-state index in [0.29, 0.717) is 0 Å². The van der Waals surface area contributed by atoms with Gasteiger partial charge < -0.3 is 4.74 Å². The normalized spacial score (nSPS) is 26.0. The molecule has 1 saturated heterocycles. The second kappa shape index (κ2) is 14.4. The van der Waals surface area contributed by atoms with Crippen molar-refractivity contribution in [2.75, 3.05) is 6.61 Å². The number of rotatable bonds is 13. The van der Waals surface area contributed by atoms with E-state index in [-0.39, 0.29) is 14.5 Å². The van der Waals surface area contributed by atoms with Crippen LogP contribution < -0.4 is 4.74 Å². The lowest BCUT2D eigenvalue weighted by Crippen LogP contribution is -2.28. The van der Waals surface area contributed by atoms with Gasteiger partial charge in [-0.1, -0.05) is 88.9 Å². The molecule has 2 fully saturated rings. The van der Waals surface area contributed by atoms with Crippen molar-refractivity contribution in [2.24, 2.45) is 17.8 Å². The first-order valence-corrected chi connectivity index (χ1v) is 16.2. The van der Waals surface area contributed by atoms with Gasteiger partial charge in [0.2, 0.25) is 0 Å². The fraction of sp³-hybridized carbons (Fsp3) is 0.786. The molecular weight excluding hydrogens is 437 g/mol. The summed E-state index contributed by atoms with van der Waals surface area (Å²) in [5.41, 5.74) is 0.925. The summed E-state index contributed by atoms with van der Waals surface area (Å²) < 4.78 is 43.3. The Balaban J connectivity index is 1.27. The zero-order valence-corrected chi connectivity index (χ0v) is 21.8. The molecule has 0 amide bonds. The van der Waals surface area contributed by atoms with Crippen molar-refractivity contribution >= 4 is 8.80 Å². The third-order valence-electron chi connectivity index (χ3n) is 8.35. The number of benzene rings is 1. The Bertz CT molecular complexity index is 667. The largest absolute Gasteiger partial charge is 0.485 e. The van der Waals surface area contributed by atoms with Crippen LogP contribution in [0, 0.1) is 23.6 Å². The Kier molecular flexibility index (Phi) is 11.6. The molecule has 0 bridgehead atoms. The van der Waals surface area contributed by atoms with Gasteiger partial charge in [-0.25, -0.2) is 13.2 Å². The van der Waals surface area contributed by atoms with Gasteiger partial charge in [-0.3, -0.25) is 0 Å². The van der Waals surface area contributed by atoms with E-state index in [2.05, 4.69) is 6.92 Å². The van der Waals surface area contributed by atoms with Crippen molar-refractivity contribution in [3.05, 3.63) is 29.6 Å². The molecular formula is C28H45F3OSi. The summed E-state index contributed by atoms with van der Waals surface area (Å²) in [4.78, 5) is 0. The summed E-state index contributed by atoms with van der Waals surface area (Å²) in [6.45, 7) is 1.55. The molecule has 1 aliphatic heterocycles. The molecule has 1 heterocycles. The standard InChI is InChI=1S/C28H45F3OSi/c1-2-3-6-17-33-18-15-25(16-19-33)24-12-9-22(10-13-24)7-4-5-8-23-11-14-27(26(29)20-23)32-21-28(30)31/h11,14,20,22,24-25,28,33H,2-10,12-13,15-19,21H2,1H3/t22-,24-,25?,33?. The van der Waals surface area contributed by atoms with Gasteiger partial charge in [0.05, 0.1) is 0 Å². The van der Waals surface area contributed by atoms with Gasteiger partial charge in [0.15, 0.2) is 11.6 Å². The second-order valence-corrected chi connectivity index (χ2v) is 14.2. The van der Waals surface area contributed by atoms with Crippen molar-refractivity contribution < 1.29 is 17.9 Å². The number of hydrogen-bond acceptors (Lipinski definition) is 1. The minimum atomic E-state index is -2.59. The van der Waals surface area contributed by atoms with E-state index in [9.17, 15) is 13.2 Å². The summed E-state index contributed by atoms with van der Waals surface area (Å²) in [5, 5.41) is 0. The molecule has 5 heteroatoms. The molecule has 3 rings (SSSR count). The summed E-state index contributed by atoms with van der Waals surface area (Å²) in [7, 11) is -0.383. The quantitative estimate of drug-likeness (QED) is 0.202. The molecule has 188 valence electrons. The maximum Gasteiger partial charge on any atom is 0.272 e. The predicted octanol–water partition coefficient (Wildman–Crippen LogP) is 8.82. The summed E-state index contributed by atoms with van der Waals surface area (Å²) in [5.74, 6) is 2.29. The van der Waals surface area contributed by atoms with Crippen LogP contribution in [0.4, 0.5) is 13.2 Å². The zero-order chi connectivity index (χ0) is 23.5. The smallest absolute Gasteiger partial charge is 0.272 e. The van der Waals surface area contributed by atoms with Gasteiger partial charge in [0.25, 0.3) is 6.43 Å². The lowest BCUT2D eigenvalue weighted by atomic mass is 9.73. The summed E-state index contributed by atoms with van der Waals surface area (Å²) in [6.07, 6.45) is 14.9. The molecule has 0 N–H and O–H groups in total. The Morgan fingerprint density at radius 1 is 0.939 bits per heavy atom. The van der Waals surface area contributed by atoms with E-state index in [4.69, 9.17) is 4.74 Å². The first kappa shape index (κ1) is 26.6.